The highest BCUT2D eigenvalue weighted by Gasteiger charge is 2.29. The summed E-state index contributed by atoms with van der Waals surface area (Å²) in [5.74, 6) is 0.520. The molecule has 1 aromatic carbocycles. The van der Waals surface area contributed by atoms with Gasteiger partial charge in [-0.2, -0.15) is 0 Å². The molecule has 0 spiro atoms. The van der Waals surface area contributed by atoms with Crippen LogP contribution >= 0.6 is 0 Å². The van der Waals surface area contributed by atoms with Crippen LogP contribution in [0.15, 0.2) is 18.2 Å². The lowest BCUT2D eigenvalue weighted by Crippen LogP contribution is -2.44. The van der Waals surface area contributed by atoms with Gasteiger partial charge in [0.1, 0.15) is 5.82 Å². The van der Waals surface area contributed by atoms with E-state index in [-0.39, 0.29) is 12.4 Å². The van der Waals surface area contributed by atoms with Gasteiger partial charge in [-0.1, -0.05) is 12.1 Å². The van der Waals surface area contributed by atoms with Crippen LogP contribution in [0.5, 0.6) is 0 Å². The molecule has 3 heteroatoms. The monoisotopic (exact) mass is 237 g/mol. The van der Waals surface area contributed by atoms with Crippen LogP contribution in [0, 0.1) is 18.7 Å². The van der Waals surface area contributed by atoms with Crippen molar-refractivity contribution in [1.82, 2.24) is 5.32 Å². The molecule has 1 atom stereocenters. The standard InChI is InChI=1S/C14H20FNO/c1-10-3-6-12(7-13(10)15)14(2,9-17)16-8-11-4-5-11/h3,6-7,11,16-17H,4-5,8-9H2,1-2H3. The lowest BCUT2D eigenvalue weighted by molar-refractivity contribution is 0.173. The average molecular weight is 237 g/mol. The van der Waals surface area contributed by atoms with Crippen molar-refractivity contribution in [1.29, 1.82) is 0 Å². The predicted octanol–water partition coefficient (Wildman–Crippen LogP) is 2.34. The van der Waals surface area contributed by atoms with Crippen molar-refractivity contribution >= 4 is 0 Å². The second kappa shape index (κ2) is 4.75. The number of rotatable bonds is 5. The van der Waals surface area contributed by atoms with Crippen LogP contribution in [-0.2, 0) is 5.54 Å². The number of hydrogen-bond donors (Lipinski definition) is 2. The van der Waals surface area contributed by atoms with E-state index in [1.807, 2.05) is 13.0 Å². The fourth-order valence-corrected chi connectivity index (χ4v) is 1.88. The Labute approximate surface area is 102 Å². The van der Waals surface area contributed by atoms with Crippen molar-refractivity contribution in [3.63, 3.8) is 0 Å². The molecule has 1 aliphatic carbocycles. The molecule has 2 nitrogen and oxygen atoms in total. The molecule has 2 N–H and O–H groups in total. The Kier molecular flexibility index (Phi) is 3.50. The summed E-state index contributed by atoms with van der Waals surface area (Å²) < 4.78 is 13.5. The molecule has 0 aliphatic heterocycles. The first kappa shape index (κ1) is 12.5. The Hall–Kier alpha value is -0.930. The van der Waals surface area contributed by atoms with Crippen LogP contribution in [0.2, 0.25) is 0 Å². The normalized spacial score (nSPS) is 19.1. The molecule has 1 aromatic rings. The Morgan fingerprint density at radius 2 is 2.18 bits per heavy atom. The van der Waals surface area contributed by atoms with Gasteiger partial charge in [0.25, 0.3) is 0 Å². The van der Waals surface area contributed by atoms with Crippen molar-refractivity contribution in [2.24, 2.45) is 5.92 Å². The van der Waals surface area contributed by atoms with E-state index in [1.165, 1.54) is 18.9 Å². The Balaban J connectivity index is 2.16. The summed E-state index contributed by atoms with van der Waals surface area (Å²) in [6.07, 6.45) is 2.52. The SMILES string of the molecule is Cc1ccc(C(C)(CO)NCC2CC2)cc1F. The van der Waals surface area contributed by atoms with Crippen molar-refractivity contribution in [2.75, 3.05) is 13.2 Å². The molecule has 1 fully saturated rings. The van der Waals surface area contributed by atoms with Crippen LogP contribution in [-0.4, -0.2) is 18.3 Å². The van der Waals surface area contributed by atoms with E-state index in [0.717, 1.165) is 18.0 Å². The van der Waals surface area contributed by atoms with Crippen molar-refractivity contribution in [3.05, 3.63) is 35.1 Å². The number of halogens is 1. The van der Waals surface area contributed by atoms with Crippen LogP contribution in [0.4, 0.5) is 4.39 Å². The third-order valence-corrected chi connectivity index (χ3v) is 3.60. The lowest BCUT2D eigenvalue weighted by Gasteiger charge is -2.30. The fraction of sp³-hybridized carbons (Fsp3) is 0.571. The van der Waals surface area contributed by atoms with Gasteiger partial charge in [-0.25, -0.2) is 4.39 Å². The first-order valence-electron chi connectivity index (χ1n) is 6.18. The smallest absolute Gasteiger partial charge is 0.126 e. The van der Waals surface area contributed by atoms with Crippen LogP contribution in [0.25, 0.3) is 0 Å². The van der Waals surface area contributed by atoms with Crippen LogP contribution in [0.1, 0.15) is 30.9 Å². The van der Waals surface area contributed by atoms with E-state index in [9.17, 15) is 9.50 Å². The van der Waals surface area contributed by atoms with Gasteiger partial charge in [-0.15, -0.1) is 0 Å². The summed E-state index contributed by atoms with van der Waals surface area (Å²) in [7, 11) is 0. The first-order valence-corrected chi connectivity index (χ1v) is 6.18. The maximum Gasteiger partial charge on any atom is 0.126 e. The Bertz CT molecular complexity index is 403. The van der Waals surface area contributed by atoms with E-state index in [2.05, 4.69) is 5.32 Å². The highest BCUT2D eigenvalue weighted by Crippen LogP contribution is 2.30. The molecular formula is C14H20FNO. The highest BCUT2D eigenvalue weighted by atomic mass is 19.1. The number of benzene rings is 1. The number of aliphatic hydroxyl groups is 1. The minimum atomic E-state index is -0.545. The fourth-order valence-electron chi connectivity index (χ4n) is 1.88. The quantitative estimate of drug-likeness (QED) is 0.824. The molecule has 1 aliphatic rings. The van der Waals surface area contributed by atoms with Gasteiger partial charge in [0, 0.05) is 0 Å². The third-order valence-electron chi connectivity index (χ3n) is 3.60. The van der Waals surface area contributed by atoms with Gasteiger partial charge in [0.2, 0.25) is 0 Å². The van der Waals surface area contributed by atoms with Crippen molar-refractivity contribution in [3.8, 4) is 0 Å². The highest BCUT2D eigenvalue weighted by molar-refractivity contribution is 5.29. The largest absolute Gasteiger partial charge is 0.394 e. The van der Waals surface area contributed by atoms with Gasteiger partial charge in [0.15, 0.2) is 0 Å². The third kappa shape index (κ3) is 2.85. The number of hydrogen-bond acceptors (Lipinski definition) is 2. The van der Waals surface area contributed by atoms with Crippen molar-refractivity contribution in [2.45, 2.75) is 32.2 Å². The summed E-state index contributed by atoms with van der Waals surface area (Å²) in [6.45, 7) is 4.53. The van der Waals surface area contributed by atoms with Gasteiger partial charge in [-0.05, 0) is 56.3 Å². The summed E-state index contributed by atoms with van der Waals surface area (Å²) >= 11 is 0. The van der Waals surface area contributed by atoms with Crippen molar-refractivity contribution < 1.29 is 9.50 Å². The molecule has 0 radical (unpaired) electrons. The summed E-state index contributed by atoms with van der Waals surface area (Å²) in [4.78, 5) is 0. The maximum absolute atomic E-state index is 13.5. The summed E-state index contributed by atoms with van der Waals surface area (Å²) in [6, 6.07) is 5.16. The molecule has 94 valence electrons. The number of aryl methyl sites for hydroxylation is 1. The second-order valence-electron chi connectivity index (χ2n) is 5.28. The lowest BCUT2D eigenvalue weighted by atomic mass is 9.91. The van der Waals surface area contributed by atoms with E-state index < -0.39 is 5.54 Å². The first-order chi connectivity index (χ1) is 8.05. The molecule has 0 aromatic heterocycles. The predicted molar refractivity (Wildman–Crippen MR) is 66.3 cm³/mol. The molecule has 17 heavy (non-hydrogen) atoms. The molecule has 1 unspecified atom stereocenters. The van der Waals surface area contributed by atoms with Gasteiger partial charge >= 0.3 is 0 Å². The summed E-state index contributed by atoms with van der Waals surface area (Å²) in [5.41, 5.74) is 0.900. The average Bonchev–Trinajstić information content (AvgIpc) is 3.13. The van der Waals surface area contributed by atoms with Gasteiger partial charge < -0.3 is 10.4 Å². The topological polar surface area (TPSA) is 32.3 Å². The second-order valence-corrected chi connectivity index (χ2v) is 5.28. The maximum atomic E-state index is 13.5. The molecule has 2 rings (SSSR count). The Morgan fingerprint density at radius 3 is 2.71 bits per heavy atom. The van der Waals surface area contributed by atoms with E-state index in [1.54, 1.807) is 13.0 Å². The number of aliphatic hydroxyl groups excluding tert-OH is 1. The zero-order chi connectivity index (χ0) is 12.5. The van der Waals surface area contributed by atoms with Gasteiger partial charge in [0.05, 0.1) is 12.1 Å². The van der Waals surface area contributed by atoms with Crippen LogP contribution < -0.4 is 5.32 Å². The molecule has 0 bridgehead atoms. The van der Waals surface area contributed by atoms with Crippen LogP contribution in [0.3, 0.4) is 0 Å². The van der Waals surface area contributed by atoms with E-state index in [4.69, 9.17) is 0 Å². The number of nitrogens with one attached hydrogen (secondary N) is 1. The minimum absolute atomic E-state index is 0.0256. The molecule has 0 heterocycles. The molecule has 0 saturated heterocycles. The zero-order valence-corrected chi connectivity index (χ0v) is 10.5. The Morgan fingerprint density at radius 1 is 1.47 bits per heavy atom. The van der Waals surface area contributed by atoms with Gasteiger partial charge in [-0.3, -0.25) is 0 Å². The minimum Gasteiger partial charge on any atom is -0.394 e. The summed E-state index contributed by atoms with van der Waals surface area (Å²) in [5, 5.41) is 12.9. The molecular weight excluding hydrogens is 217 g/mol. The molecule has 1 saturated carbocycles. The molecule has 0 amide bonds. The van der Waals surface area contributed by atoms with E-state index >= 15 is 0 Å². The van der Waals surface area contributed by atoms with E-state index in [0.29, 0.717) is 5.56 Å². The zero-order valence-electron chi connectivity index (χ0n) is 10.5.